The third-order valence-corrected chi connectivity index (χ3v) is 5.87. The van der Waals surface area contributed by atoms with Crippen LogP contribution < -0.4 is 0 Å². The molecule has 0 aliphatic carbocycles. The van der Waals surface area contributed by atoms with Gasteiger partial charge in [-0.1, -0.05) is 42.5 Å². The Bertz CT molecular complexity index is 1420. The van der Waals surface area contributed by atoms with E-state index < -0.39 is 32.7 Å². The average molecular weight is 628 g/mol. The summed E-state index contributed by atoms with van der Waals surface area (Å²) in [6, 6.07) is 26.7. The number of hydrogen-bond donors (Lipinski definition) is 0. The first-order chi connectivity index (χ1) is 18.8. The van der Waals surface area contributed by atoms with Crippen molar-refractivity contribution in [2.75, 3.05) is 0 Å². The van der Waals surface area contributed by atoms with Crippen molar-refractivity contribution >= 4 is 67.4 Å². The predicted molar refractivity (Wildman–Crippen MR) is 150 cm³/mol. The fourth-order valence-corrected chi connectivity index (χ4v) is 3.45. The molecule has 4 aromatic rings. The van der Waals surface area contributed by atoms with Crippen LogP contribution in [0.2, 0.25) is 0 Å². The van der Waals surface area contributed by atoms with Crippen LogP contribution in [0.4, 0.5) is 13.2 Å². The van der Waals surface area contributed by atoms with Gasteiger partial charge < -0.3 is 0 Å². The highest BCUT2D eigenvalue weighted by Gasteiger charge is 2.30. The van der Waals surface area contributed by atoms with Gasteiger partial charge in [0.05, 0.1) is 5.56 Å². The van der Waals surface area contributed by atoms with Crippen molar-refractivity contribution < 1.29 is 32.3 Å². The zero-order valence-electron chi connectivity index (χ0n) is 20.1. The summed E-state index contributed by atoms with van der Waals surface area (Å²) in [5, 5.41) is -2.30. The SMILES string of the molecule is O=C(Cl)c1ccc(-c2ccccc2)cc1.O=C(Cl)c1ccc(C(=O)Cl)cc1.O=C(Cl)c1ccc(C(F)(F)F)cc1. The second-order valence-corrected chi connectivity index (χ2v) is 9.06. The monoisotopic (exact) mass is 626 g/mol. The normalized spacial score (nSPS) is 10.3. The van der Waals surface area contributed by atoms with Crippen LogP contribution in [-0.4, -0.2) is 21.0 Å². The molecular weight excluding hydrogens is 611 g/mol. The first-order valence-electron chi connectivity index (χ1n) is 11.0. The van der Waals surface area contributed by atoms with Crippen molar-refractivity contribution in [2.45, 2.75) is 6.18 Å². The molecule has 0 amide bonds. The number of carbonyl (C=O) groups is 4. The van der Waals surface area contributed by atoms with Gasteiger partial charge in [-0.05, 0) is 118 Å². The molecule has 0 saturated carbocycles. The van der Waals surface area contributed by atoms with Crippen LogP contribution in [0.15, 0.2) is 103 Å². The van der Waals surface area contributed by atoms with E-state index in [0.717, 1.165) is 35.4 Å². The molecule has 0 unspecified atom stereocenters. The minimum absolute atomic E-state index is 0.0506. The smallest absolute Gasteiger partial charge is 0.276 e. The fraction of sp³-hybridized carbons (Fsp3) is 0.0345. The quantitative estimate of drug-likeness (QED) is 0.207. The van der Waals surface area contributed by atoms with Gasteiger partial charge >= 0.3 is 6.18 Å². The third kappa shape index (κ3) is 10.6. The Kier molecular flexibility index (Phi) is 12.5. The van der Waals surface area contributed by atoms with E-state index in [9.17, 15) is 32.3 Å². The lowest BCUT2D eigenvalue weighted by Gasteiger charge is -2.05. The van der Waals surface area contributed by atoms with E-state index in [1.807, 2.05) is 42.5 Å². The highest BCUT2D eigenvalue weighted by Crippen LogP contribution is 2.29. The van der Waals surface area contributed by atoms with Gasteiger partial charge in [-0.15, -0.1) is 0 Å². The van der Waals surface area contributed by atoms with E-state index in [0.29, 0.717) is 16.7 Å². The highest BCUT2D eigenvalue weighted by atomic mass is 35.5. The van der Waals surface area contributed by atoms with Crippen LogP contribution >= 0.6 is 46.4 Å². The molecule has 0 radical (unpaired) electrons. The van der Waals surface area contributed by atoms with Gasteiger partial charge in [-0.3, -0.25) is 19.2 Å². The van der Waals surface area contributed by atoms with Crippen molar-refractivity contribution in [3.8, 4) is 11.1 Å². The second kappa shape index (κ2) is 15.3. The maximum absolute atomic E-state index is 12.0. The molecule has 0 N–H and O–H groups in total. The number of benzene rings is 4. The minimum atomic E-state index is -4.38. The van der Waals surface area contributed by atoms with Gasteiger partial charge in [0.25, 0.3) is 21.0 Å². The largest absolute Gasteiger partial charge is 0.416 e. The standard InChI is InChI=1S/C13H9ClO.C8H4Cl2O2.C8H4ClF3O/c14-13(15)12-8-6-11(7-9-12)10-4-2-1-3-5-10;9-7(11)5-1-2-6(4-3-5)8(10)12;9-7(13)5-1-3-6(4-2-5)8(10,11)12/h1-9H;1-4H;1-4H. The first-order valence-corrected chi connectivity index (χ1v) is 12.5. The van der Waals surface area contributed by atoms with Crippen molar-refractivity contribution in [3.05, 3.63) is 131 Å². The molecule has 4 aromatic carbocycles. The van der Waals surface area contributed by atoms with Crippen LogP contribution in [0, 0.1) is 0 Å². The summed E-state index contributed by atoms with van der Waals surface area (Å²) in [6.45, 7) is 0. The molecule has 4 nitrogen and oxygen atoms in total. The molecule has 40 heavy (non-hydrogen) atoms. The lowest BCUT2D eigenvalue weighted by atomic mass is 10.0. The summed E-state index contributed by atoms with van der Waals surface area (Å²) in [5.41, 5.74) is 2.68. The number of rotatable bonds is 5. The lowest BCUT2D eigenvalue weighted by Crippen LogP contribution is -2.04. The topological polar surface area (TPSA) is 68.3 Å². The van der Waals surface area contributed by atoms with Gasteiger partial charge in [0.1, 0.15) is 0 Å². The Morgan fingerprint density at radius 1 is 0.425 bits per heavy atom. The molecule has 0 atom stereocenters. The Morgan fingerprint density at radius 3 is 1.00 bits per heavy atom. The molecular formula is C29H17Cl4F3O4. The zero-order valence-corrected chi connectivity index (χ0v) is 23.1. The molecule has 206 valence electrons. The van der Waals surface area contributed by atoms with Crippen LogP contribution in [0.3, 0.4) is 0 Å². The number of halogens is 7. The Morgan fingerprint density at radius 2 is 0.700 bits per heavy atom. The molecule has 4 rings (SSSR count). The van der Waals surface area contributed by atoms with Gasteiger partial charge in [-0.2, -0.15) is 13.2 Å². The zero-order chi connectivity index (χ0) is 29.9. The molecule has 0 aromatic heterocycles. The van der Waals surface area contributed by atoms with E-state index in [4.69, 9.17) is 46.4 Å². The van der Waals surface area contributed by atoms with E-state index in [-0.39, 0.29) is 5.56 Å². The van der Waals surface area contributed by atoms with Crippen molar-refractivity contribution in [2.24, 2.45) is 0 Å². The maximum Gasteiger partial charge on any atom is 0.416 e. The number of hydrogen-bond acceptors (Lipinski definition) is 4. The van der Waals surface area contributed by atoms with E-state index in [2.05, 4.69) is 0 Å². The molecule has 0 fully saturated rings. The molecule has 0 saturated heterocycles. The summed E-state index contributed by atoms with van der Waals surface area (Å²) >= 11 is 20.8. The lowest BCUT2D eigenvalue weighted by molar-refractivity contribution is -0.137. The summed E-state index contributed by atoms with van der Waals surface area (Å²) in [5.74, 6) is 0. The Hall–Kier alpha value is -3.49. The summed E-state index contributed by atoms with van der Waals surface area (Å²) in [6.07, 6.45) is -4.38. The van der Waals surface area contributed by atoms with Crippen LogP contribution in [-0.2, 0) is 6.18 Å². The van der Waals surface area contributed by atoms with Gasteiger partial charge in [0.15, 0.2) is 0 Å². The van der Waals surface area contributed by atoms with Gasteiger partial charge in [0.2, 0.25) is 0 Å². The maximum atomic E-state index is 12.0. The van der Waals surface area contributed by atoms with Crippen LogP contribution in [0.25, 0.3) is 11.1 Å². The second-order valence-electron chi connectivity index (χ2n) is 7.69. The summed E-state index contributed by atoms with van der Waals surface area (Å²) < 4.78 is 36.0. The van der Waals surface area contributed by atoms with Crippen molar-refractivity contribution in [3.63, 3.8) is 0 Å². The summed E-state index contributed by atoms with van der Waals surface area (Å²) in [7, 11) is 0. The molecule has 11 heteroatoms. The average Bonchev–Trinajstić information content (AvgIpc) is 2.94. The number of alkyl halides is 3. The van der Waals surface area contributed by atoms with Crippen molar-refractivity contribution in [1.29, 1.82) is 0 Å². The first kappa shape index (κ1) is 32.7. The highest BCUT2D eigenvalue weighted by molar-refractivity contribution is 6.69. The Balaban J connectivity index is 0.000000212. The van der Waals surface area contributed by atoms with E-state index in [1.54, 1.807) is 12.1 Å². The van der Waals surface area contributed by atoms with E-state index in [1.165, 1.54) is 24.3 Å². The van der Waals surface area contributed by atoms with Gasteiger partial charge in [0, 0.05) is 22.3 Å². The summed E-state index contributed by atoms with van der Waals surface area (Å²) in [4.78, 5) is 42.5. The molecule has 0 aliphatic rings. The molecule has 0 spiro atoms. The minimum Gasteiger partial charge on any atom is -0.276 e. The molecule has 0 bridgehead atoms. The fourth-order valence-electron chi connectivity index (χ4n) is 2.95. The third-order valence-electron chi connectivity index (χ3n) is 5.00. The molecule has 0 heterocycles. The molecule has 0 aliphatic heterocycles. The van der Waals surface area contributed by atoms with Gasteiger partial charge in [-0.25, -0.2) is 0 Å². The Labute approximate surface area is 247 Å². The predicted octanol–water partition coefficient (Wildman–Crippen LogP) is 9.26. The van der Waals surface area contributed by atoms with Crippen molar-refractivity contribution in [1.82, 2.24) is 0 Å². The van der Waals surface area contributed by atoms with E-state index >= 15 is 0 Å². The van der Waals surface area contributed by atoms with Crippen LogP contribution in [0.1, 0.15) is 47.0 Å². The van der Waals surface area contributed by atoms with Crippen LogP contribution in [0.5, 0.6) is 0 Å². The number of carbonyl (C=O) groups excluding carboxylic acids is 4.